The highest BCUT2D eigenvalue weighted by molar-refractivity contribution is 6.32. The minimum absolute atomic E-state index is 0.197. The molecule has 0 bridgehead atoms. The molecule has 0 aliphatic heterocycles. The maximum Gasteiger partial charge on any atom is 0.257 e. The molecule has 0 radical (unpaired) electrons. The van der Waals surface area contributed by atoms with Gasteiger partial charge in [-0.15, -0.1) is 0 Å². The number of anilines is 1. The van der Waals surface area contributed by atoms with Gasteiger partial charge in [-0.1, -0.05) is 29.8 Å². The molecule has 3 aromatic rings. The topological polar surface area (TPSA) is 46.9 Å². The second-order valence-corrected chi connectivity index (χ2v) is 4.82. The van der Waals surface area contributed by atoms with Crippen molar-refractivity contribution in [1.82, 2.24) is 9.55 Å². The van der Waals surface area contributed by atoms with Gasteiger partial charge in [0.15, 0.2) is 5.15 Å². The summed E-state index contributed by atoms with van der Waals surface area (Å²) < 4.78 is 1.93. The minimum Gasteiger partial charge on any atom is -0.350 e. The van der Waals surface area contributed by atoms with Gasteiger partial charge in [-0.3, -0.25) is 4.79 Å². The van der Waals surface area contributed by atoms with Crippen molar-refractivity contribution in [3.63, 3.8) is 0 Å². The monoisotopic (exact) mass is 285 g/mol. The highest BCUT2D eigenvalue weighted by Crippen LogP contribution is 2.23. The van der Waals surface area contributed by atoms with E-state index in [1.165, 1.54) is 0 Å². The van der Waals surface area contributed by atoms with Crippen LogP contribution in [-0.2, 0) is 7.05 Å². The number of carbonyl (C=O) groups excluding carboxylic acids is 1. The van der Waals surface area contributed by atoms with Crippen LogP contribution in [0.3, 0.4) is 0 Å². The first-order chi connectivity index (χ1) is 9.66. The molecule has 0 saturated carbocycles. The van der Waals surface area contributed by atoms with Crippen molar-refractivity contribution < 1.29 is 4.79 Å². The molecule has 2 aromatic heterocycles. The van der Waals surface area contributed by atoms with Crippen molar-refractivity contribution in [3.8, 4) is 0 Å². The van der Waals surface area contributed by atoms with E-state index in [2.05, 4.69) is 10.3 Å². The summed E-state index contributed by atoms with van der Waals surface area (Å²) in [6, 6.07) is 11.2. The Bertz CT molecular complexity index is 795. The van der Waals surface area contributed by atoms with Crippen LogP contribution < -0.4 is 5.32 Å². The van der Waals surface area contributed by atoms with E-state index in [4.69, 9.17) is 11.6 Å². The Kier molecular flexibility index (Phi) is 3.16. The predicted octanol–water partition coefficient (Wildman–Crippen LogP) is 3.48. The summed E-state index contributed by atoms with van der Waals surface area (Å²) >= 11 is 5.95. The first kappa shape index (κ1) is 12.7. The SMILES string of the molecule is Cn1cc(C(=O)Nc2cccnc2Cl)c2ccccc21. The van der Waals surface area contributed by atoms with Crippen LogP contribution in [0, 0.1) is 0 Å². The number of carbonyl (C=O) groups is 1. The van der Waals surface area contributed by atoms with E-state index in [0.29, 0.717) is 11.3 Å². The molecule has 2 heterocycles. The van der Waals surface area contributed by atoms with Crippen LogP contribution in [0.4, 0.5) is 5.69 Å². The Hall–Kier alpha value is -2.33. The average Bonchev–Trinajstić information content (AvgIpc) is 2.79. The molecular formula is C15H12ClN3O. The molecule has 4 nitrogen and oxygen atoms in total. The van der Waals surface area contributed by atoms with E-state index in [1.807, 2.05) is 42.1 Å². The molecule has 5 heteroatoms. The smallest absolute Gasteiger partial charge is 0.257 e. The van der Waals surface area contributed by atoms with Gasteiger partial charge in [-0.25, -0.2) is 4.98 Å². The van der Waals surface area contributed by atoms with E-state index in [9.17, 15) is 4.79 Å². The van der Waals surface area contributed by atoms with Crippen LogP contribution in [0.2, 0.25) is 5.15 Å². The molecule has 0 aliphatic rings. The minimum atomic E-state index is -0.197. The van der Waals surface area contributed by atoms with Gasteiger partial charge < -0.3 is 9.88 Å². The first-order valence-electron chi connectivity index (χ1n) is 6.13. The van der Waals surface area contributed by atoms with E-state index in [-0.39, 0.29) is 11.1 Å². The number of para-hydroxylation sites is 1. The maximum atomic E-state index is 12.4. The third-order valence-electron chi connectivity index (χ3n) is 3.15. The van der Waals surface area contributed by atoms with Gasteiger partial charge in [0.2, 0.25) is 0 Å². The van der Waals surface area contributed by atoms with E-state index in [1.54, 1.807) is 18.3 Å². The van der Waals surface area contributed by atoms with Crippen LogP contribution in [0.1, 0.15) is 10.4 Å². The largest absolute Gasteiger partial charge is 0.350 e. The Labute approximate surface area is 121 Å². The molecule has 20 heavy (non-hydrogen) atoms. The number of hydrogen-bond donors (Lipinski definition) is 1. The van der Waals surface area contributed by atoms with Crippen LogP contribution in [0.25, 0.3) is 10.9 Å². The molecule has 1 amide bonds. The highest BCUT2D eigenvalue weighted by atomic mass is 35.5. The van der Waals surface area contributed by atoms with Crippen molar-refractivity contribution >= 4 is 34.1 Å². The van der Waals surface area contributed by atoms with Crippen LogP contribution in [0.5, 0.6) is 0 Å². The van der Waals surface area contributed by atoms with Crippen LogP contribution >= 0.6 is 11.6 Å². The molecule has 1 N–H and O–H groups in total. The second kappa shape index (κ2) is 4.98. The number of aryl methyl sites for hydroxylation is 1. The van der Waals surface area contributed by atoms with Crippen molar-refractivity contribution in [2.75, 3.05) is 5.32 Å². The fraction of sp³-hybridized carbons (Fsp3) is 0.0667. The van der Waals surface area contributed by atoms with Crippen molar-refractivity contribution in [1.29, 1.82) is 0 Å². The predicted molar refractivity (Wildman–Crippen MR) is 80.1 cm³/mol. The molecule has 3 rings (SSSR count). The summed E-state index contributed by atoms with van der Waals surface area (Å²) in [6.07, 6.45) is 3.39. The Balaban J connectivity index is 2.00. The van der Waals surface area contributed by atoms with Gasteiger partial charge in [-0.2, -0.15) is 0 Å². The quantitative estimate of drug-likeness (QED) is 0.733. The highest BCUT2D eigenvalue weighted by Gasteiger charge is 2.14. The van der Waals surface area contributed by atoms with Crippen molar-refractivity contribution in [3.05, 3.63) is 59.5 Å². The standard InChI is InChI=1S/C15H12ClN3O/c1-19-9-11(10-5-2-3-7-13(10)19)15(20)18-12-6-4-8-17-14(12)16/h2-9H,1H3,(H,18,20). The summed E-state index contributed by atoms with van der Waals surface area (Å²) in [5, 5.41) is 3.97. The zero-order valence-electron chi connectivity index (χ0n) is 10.8. The maximum absolute atomic E-state index is 12.4. The van der Waals surface area contributed by atoms with Gasteiger partial charge >= 0.3 is 0 Å². The van der Waals surface area contributed by atoms with E-state index in [0.717, 1.165) is 10.9 Å². The number of amides is 1. The van der Waals surface area contributed by atoms with Crippen molar-refractivity contribution in [2.24, 2.45) is 7.05 Å². The third-order valence-corrected chi connectivity index (χ3v) is 3.45. The van der Waals surface area contributed by atoms with Gasteiger partial charge in [0.1, 0.15) is 0 Å². The molecule has 100 valence electrons. The molecule has 0 saturated heterocycles. The molecule has 0 aliphatic carbocycles. The third kappa shape index (κ3) is 2.14. The summed E-state index contributed by atoms with van der Waals surface area (Å²) in [4.78, 5) is 16.3. The fourth-order valence-corrected chi connectivity index (χ4v) is 2.36. The number of benzene rings is 1. The number of fused-ring (bicyclic) bond motifs is 1. The number of aromatic nitrogens is 2. The average molecular weight is 286 g/mol. The number of hydrogen-bond acceptors (Lipinski definition) is 2. The number of pyridine rings is 1. The van der Waals surface area contributed by atoms with Gasteiger partial charge in [0.05, 0.1) is 11.3 Å². The summed E-state index contributed by atoms with van der Waals surface area (Å²) in [5.41, 5.74) is 2.13. The lowest BCUT2D eigenvalue weighted by molar-refractivity contribution is 0.102. The summed E-state index contributed by atoms with van der Waals surface area (Å²) in [6.45, 7) is 0. The van der Waals surface area contributed by atoms with Crippen LogP contribution in [-0.4, -0.2) is 15.5 Å². The van der Waals surface area contributed by atoms with Gasteiger partial charge in [0.25, 0.3) is 5.91 Å². The zero-order valence-corrected chi connectivity index (χ0v) is 11.6. The molecule has 0 atom stereocenters. The Morgan fingerprint density at radius 3 is 2.85 bits per heavy atom. The Morgan fingerprint density at radius 2 is 2.05 bits per heavy atom. The number of rotatable bonds is 2. The number of nitrogens with zero attached hydrogens (tertiary/aromatic N) is 2. The molecule has 0 fully saturated rings. The normalized spacial score (nSPS) is 10.7. The molecule has 0 unspecified atom stereocenters. The van der Waals surface area contributed by atoms with Gasteiger partial charge in [0, 0.05) is 30.3 Å². The van der Waals surface area contributed by atoms with Gasteiger partial charge in [-0.05, 0) is 18.2 Å². The lowest BCUT2D eigenvalue weighted by Crippen LogP contribution is -2.12. The van der Waals surface area contributed by atoms with E-state index < -0.39 is 0 Å². The number of halogens is 1. The second-order valence-electron chi connectivity index (χ2n) is 4.47. The van der Waals surface area contributed by atoms with E-state index >= 15 is 0 Å². The molecular weight excluding hydrogens is 274 g/mol. The lowest BCUT2D eigenvalue weighted by atomic mass is 10.1. The molecule has 1 aromatic carbocycles. The lowest BCUT2D eigenvalue weighted by Gasteiger charge is -2.05. The zero-order chi connectivity index (χ0) is 14.1. The fourth-order valence-electron chi connectivity index (χ4n) is 2.19. The molecule has 0 spiro atoms. The van der Waals surface area contributed by atoms with Crippen molar-refractivity contribution in [2.45, 2.75) is 0 Å². The first-order valence-corrected chi connectivity index (χ1v) is 6.50. The Morgan fingerprint density at radius 1 is 1.25 bits per heavy atom. The number of nitrogens with one attached hydrogen (secondary N) is 1. The summed E-state index contributed by atoms with van der Waals surface area (Å²) in [5.74, 6) is -0.197. The summed E-state index contributed by atoms with van der Waals surface area (Å²) in [7, 11) is 1.91. The van der Waals surface area contributed by atoms with Crippen LogP contribution in [0.15, 0.2) is 48.8 Å².